The zero-order valence-electron chi connectivity index (χ0n) is 32.5. The molecule has 8 nitrogen and oxygen atoms in total. The molecule has 0 fully saturated rings. The maximum Gasteiger partial charge on any atom is 0.340 e. The fourth-order valence-electron chi connectivity index (χ4n) is 8.85. The highest BCUT2D eigenvalue weighted by Crippen LogP contribution is 2.58. The van der Waals surface area contributed by atoms with Gasteiger partial charge in [0.2, 0.25) is 0 Å². The van der Waals surface area contributed by atoms with E-state index in [-0.39, 0.29) is 11.9 Å². The quantitative estimate of drug-likeness (QED) is 0.153. The number of hydrogen-bond acceptors (Lipinski definition) is 8. The molecule has 58 heavy (non-hydrogen) atoms. The lowest BCUT2D eigenvalue weighted by molar-refractivity contribution is 0.0214. The van der Waals surface area contributed by atoms with Gasteiger partial charge in [0.05, 0.1) is 11.1 Å². The summed E-state index contributed by atoms with van der Waals surface area (Å²) >= 11 is 7.07. The molecule has 2 spiro atoms. The van der Waals surface area contributed by atoms with Gasteiger partial charge in [-0.25, -0.2) is 9.59 Å². The fraction of sp³-hybridized carbons (Fsp3) is 0.208. The molecule has 0 aliphatic carbocycles. The van der Waals surface area contributed by atoms with Gasteiger partial charge in [0.1, 0.15) is 23.0 Å². The van der Waals surface area contributed by atoms with Crippen molar-refractivity contribution in [3.8, 4) is 23.0 Å². The smallest absolute Gasteiger partial charge is 0.340 e. The summed E-state index contributed by atoms with van der Waals surface area (Å²) in [5.74, 6) is 2.18. The highest BCUT2D eigenvalue weighted by Gasteiger charge is 2.55. The van der Waals surface area contributed by atoms with Crippen molar-refractivity contribution in [3.63, 3.8) is 0 Å². The van der Waals surface area contributed by atoms with E-state index in [2.05, 4.69) is 81.5 Å². The summed E-state index contributed by atoms with van der Waals surface area (Å²) in [6, 6.07) is 39.2. The van der Waals surface area contributed by atoms with Crippen molar-refractivity contribution in [3.05, 3.63) is 175 Å². The summed E-state index contributed by atoms with van der Waals surface area (Å²) < 4.78 is 26.8. The van der Waals surface area contributed by atoms with Gasteiger partial charge in [0, 0.05) is 92.0 Å². The minimum atomic E-state index is -1.00. The van der Waals surface area contributed by atoms with Crippen LogP contribution in [0.3, 0.4) is 0 Å². The number of halogens is 2. The predicted molar refractivity (Wildman–Crippen MR) is 232 cm³/mol. The Kier molecular flexibility index (Phi) is 9.60. The van der Waals surface area contributed by atoms with Crippen LogP contribution < -0.4 is 19.3 Å². The normalized spacial score (nSPS) is 18.5. The van der Waals surface area contributed by atoms with Crippen molar-refractivity contribution >= 4 is 55.2 Å². The van der Waals surface area contributed by atoms with E-state index in [0.717, 1.165) is 79.9 Å². The molecule has 0 amide bonds. The Balaban J connectivity index is 0.000000150. The molecule has 10 rings (SSSR count). The number of nitrogens with zero attached hydrogens (tertiary/aromatic N) is 2. The number of carbonyl (C=O) groups is 2. The lowest BCUT2D eigenvalue weighted by Crippen LogP contribution is -2.33. The highest BCUT2D eigenvalue weighted by molar-refractivity contribution is 9.10. The fourth-order valence-corrected chi connectivity index (χ4v) is 9.53. The summed E-state index contributed by atoms with van der Waals surface area (Å²) in [6.07, 6.45) is 0. The van der Waals surface area contributed by atoms with Crippen LogP contribution in [0.4, 0.5) is 11.4 Å². The molecule has 0 N–H and O–H groups in total. The Morgan fingerprint density at radius 1 is 0.448 bits per heavy atom. The molecule has 4 heterocycles. The zero-order valence-corrected chi connectivity index (χ0v) is 35.6. The third-order valence-electron chi connectivity index (χ3n) is 11.6. The van der Waals surface area contributed by atoms with Gasteiger partial charge in [-0.1, -0.05) is 68.3 Å². The maximum absolute atomic E-state index is 12.8. The Hall–Kier alpha value is -5.58. The monoisotopic (exact) mass is 898 g/mol. The standard InChI is InChI=1S/2C24H20BrNO3/c2*1-3-26(4-2)16-10-12-20-22(14-16)28-21-13-15(25)9-11-19(21)24(20)18-8-6-5-7-17(18)23(27)29-24/h2*5-14H,3-4H2,1-2H3/t2*24-/m00/s1. The van der Waals surface area contributed by atoms with Crippen molar-refractivity contribution in [2.24, 2.45) is 0 Å². The van der Waals surface area contributed by atoms with Gasteiger partial charge < -0.3 is 28.7 Å². The van der Waals surface area contributed by atoms with Crippen LogP contribution in [0.15, 0.2) is 130 Å². The molecule has 2 atom stereocenters. The second-order valence-corrected chi connectivity index (χ2v) is 16.3. The van der Waals surface area contributed by atoms with Gasteiger partial charge in [0.25, 0.3) is 0 Å². The second kappa shape index (κ2) is 14.7. The molecular formula is C48H40Br2N2O6. The van der Waals surface area contributed by atoms with Crippen LogP contribution in [-0.2, 0) is 20.7 Å². The molecule has 0 unspecified atom stereocenters. The molecule has 10 heteroatoms. The van der Waals surface area contributed by atoms with Gasteiger partial charge in [0.15, 0.2) is 11.2 Å². The highest BCUT2D eigenvalue weighted by atomic mass is 79.9. The van der Waals surface area contributed by atoms with E-state index in [1.54, 1.807) is 0 Å². The molecule has 4 aliphatic heterocycles. The van der Waals surface area contributed by atoms with E-state index in [1.807, 2.05) is 109 Å². The van der Waals surface area contributed by atoms with Crippen molar-refractivity contribution < 1.29 is 28.5 Å². The minimum Gasteiger partial charge on any atom is -0.456 e. The summed E-state index contributed by atoms with van der Waals surface area (Å²) in [6.45, 7) is 12.1. The number of hydrogen-bond donors (Lipinski definition) is 0. The number of anilines is 2. The first-order chi connectivity index (χ1) is 28.2. The van der Waals surface area contributed by atoms with Gasteiger partial charge in [-0.3, -0.25) is 0 Å². The van der Waals surface area contributed by atoms with Crippen LogP contribution in [0.2, 0.25) is 0 Å². The van der Waals surface area contributed by atoms with Crippen LogP contribution in [-0.4, -0.2) is 38.1 Å². The van der Waals surface area contributed by atoms with E-state index < -0.39 is 11.2 Å². The van der Waals surface area contributed by atoms with Crippen LogP contribution >= 0.6 is 31.9 Å². The molecule has 6 aromatic rings. The van der Waals surface area contributed by atoms with Crippen LogP contribution in [0.25, 0.3) is 0 Å². The molecule has 6 aromatic carbocycles. The molecule has 4 aliphatic rings. The first kappa shape index (κ1) is 38.0. The van der Waals surface area contributed by atoms with Crippen molar-refractivity contribution in [2.75, 3.05) is 36.0 Å². The summed E-state index contributed by atoms with van der Waals surface area (Å²) in [4.78, 5) is 30.2. The average Bonchev–Trinajstić information content (AvgIpc) is 3.70. The zero-order chi connectivity index (χ0) is 40.3. The Morgan fingerprint density at radius 3 is 1.17 bits per heavy atom. The van der Waals surface area contributed by atoms with Crippen molar-refractivity contribution in [2.45, 2.75) is 38.9 Å². The first-order valence-corrected chi connectivity index (χ1v) is 21.2. The van der Waals surface area contributed by atoms with Gasteiger partial charge >= 0.3 is 11.9 Å². The van der Waals surface area contributed by atoms with Crippen LogP contribution in [0.1, 0.15) is 81.8 Å². The average molecular weight is 901 g/mol. The maximum atomic E-state index is 12.8. The molecule has 292 valence electrons. The number of benzene rings is 6. The van der Waals surface area contributed by atoms with Crippen LogP contribution in [0, 0.1) is 0 Å². The van der Waals surface area contributed by atoms with Gasteiger partial charge in [-0.15, -0.1) is 0 Å². The Labute approximate surface area is 354 Å². The summed E-state index contributed by atoms with van der Waals surface area (Å²) in [5.41, 5.74) is 6.44. The molecule has 0 radical (unpaired) electrons. The number of ether oxygens (including phenoxy) is 4. The topological polar surface area (TPSA) is 77.5 Å². The minimum absolute atomic E-state index is 0.310. The SMILES string of the molecule is CCN(CC)c1ccc2c(c1)Oc1cc(Br)ccc1[C@]21OC(=O)c2ccccc21.CCN(CC)c1ccc2c(c1)Oc1cc(Br)ccc1[C@]21OC(=O)c2ccccc21. The second-order valence-electron chi connectivity index (χ2n) is 14.4. The third kappa shape index (κ3) is 5.74. The van der Waals surface area contributed by atoms with E-state index in [1.165, 1.54) is 0 Å². The number of carbonyl (C=O) groups excluding carboxylic acids is 2. The lowest BCUT2D eigenvalue weighted by Gasteiger charge is -2.37. The molecule has 0 bridgehead atoms. The van der Waals surface area contributed by atoms with Crippen molar-refractivity contribution in [1.29, 1.82) is 0 Å². The van der Waals surface area contributed by atoms with E-state index >= 15 is 0 Å². The number of rotatable bonds is 6. The van der Waals surface area contributed by atoms with E-state index in [4.69, 9.17) is 18.9 Å². The van der Waals surface area contributed by atoms with Crippen LogP contribution in [0.5, 0.6) is 23.0 Å². The van der Waals surface area contributed by atoms with Gasteiger partial charge in [-0.2, -0.15) is 0 Å². The van der Waals surface area contributed by atoms with Gasteiger partial charge in [-0.05, 0) is 100 Å². The summed E-state index contributed by atoms with van der Waals surface area (Å²) in [7, 11) is 0. The first-order valence-electron chi connectivity index (χ1n) is 19.6. The van der Waals surface area contributed by atoms with Crippen molar-refractivity contribution in [1.82, 2.24) is 0 Å². The van der Waals surface area contributed by atoms with E-state index in [9.17, 15) is 9.59 Å². The third-order valence-corrected chi connectivity index (χ3v) is 12.6. The lowest BCUT2D eigenvalue weighted by atomic mass is 9.77. The largest absolute Gasteiger partial charge is 0.456 e. The van der Waals surface area contributed by atoms with E-state index in [0.29, 0.717) is 34.1 Å². The summed E-state index contributed by atoms with van der Waals surface area (Å²) in [5, 5.41) is 0. The molecule has 0 aromatic heterocycles. The molecular weight excluding hydrogens is 860 g/mol. The Morgan fingerprint density at radius 2 is 0.793 bits per heavy atom. The Bertz CT molecular complexity index is 2460. The molecule has 0 saturated carbocycles. The molecule has 0 saturated heterocycles. The predicted octanol–water partition coefficient (Wildman–Crippen LogP) is 11.7. The number of esters is 2. The number of fused-ring (bicyclic) bond motifs is 12.